The van der Waals surface area contributed by atoms with Crippen LogP contribution in [0.15, 0.2) is 59.6 Å². The van der Waals surface area contributed by atoms with Crippen LogP contribution in [0.5, 0.6) is 5.75 Å². The first-order valence-electron chi connectivity index (χ1n) is 11.0. The van der Waals surface area contributed by atoms with E-state index in [4.69, 9.17) is 9.73 Å². The number of methoxy groups -OCH3 is 1. The average molecular weight is 447 g/mol. The van der Waals surface area contributed by atoms with E-state index >= 15 is 0 Å². The number of hydrogen-bond acceptors (Lipinski definition) is 4. The average Bonchev–Trinajstić information content (AvgIpc) is 3.15. The molecule has 3 aromatic rings. The van der Waals surface area contributed by atoms with E-state index in [1.54, 1.807) is 18.4 Å². The van der Waals surface area contributed by atoms with Gasteiger partial charge in [0.2, 0.25) is 0 Å². The number of anilines is 1. The van der Waals surface area contributed by atoms with E-state index in [1.165, 1.54) is 10.4 Å². The van der Waals surface area contributed by atoms with Gasteiger partial charge in [-0.15, -0.1) is 11.3 Å². The van der Waals surface area contributed by atoms with Gasteiger partial charge in [0.15, 0.2) is 0 Å². The number of hydrogen-bond donors (Lipinski definition) is 1. The third-order valence-corrected chi connectivity index (χ3v) is 7.32. The Balaban J connectivity index is 1.70. The molecule has 1 aliphatic rings. The van der Waals surface area contributed by atoms with Gasteiger partial charge in [-0.25, -0.2) is 4.99 Å². The Bertz CT molecular complexity index is 1130. The summed E-state index contributed by atoms with van der Waals surface area (Å²) < 4.78 is 5.32. The minimum absolute atomic E-state index is 0.0827. The van der Waals surface area contributed by atoms with Crippen molar-refractivity contribution in [1.29, 1.82) is 0 Å². The van der Waals surface area contributed by atoms with Crippen molar-refractivity contribution in [2.24, 2.45) is 16.3 Å². The lowest BCUT2D eigenvalue weighted by atomic mass is 9.72. The molecule has 0 aliphatic heterocycles. The molecule has 5 heteroatoms. The van der Waals surface area contributed by atoms with E-state index in [0.29, 0.717) is 5.92 Å². The smallest absolute Gasteiger partial charge is 0.259 e. The third-order valence-electron chi connectivity index (χ3n) is 6.15. The van der Waals surface area contributed by atoms with E-state index in [2.05, 4.69) is 26.1 Å². The predicted octanol–water partition coefficient (Wildman–Crippen LogP) is 6.91. The first kappa shape index (κ1) is 22.3. The lowest BCUT2D eigenvalue weighted by molar-refractivity contribution is 0.102. The zero-order valence-electron chi connectivity index (χ0n) is 19.1. The third kappa shape index (κ3) is 4.94. The topological polar surface area (TPSA) is 50.7 Å². The maximum Gasteiger partial charge on any atom is 0.259 e. The second kappa shape index (κ2) is 9.29. The van der Waals surface area contributed by atoms with Gasteiger partial charge in [0, 0.05) is 16.8 Å². The fourth-order valence-electron chi connectivity index (χ4n) is 4.21. The number of thiophene rings is 1. The number of benzene rings is 2. The van der Waals surface area contributed by atoms with Gasteiger partial charge in [-0.1, -0.05) is 51.1 Å². The predicted molar refractivity (Wildman–Crippen MR) is 134 cm³/mol. The highest BCUT2D eigenvalue weighted by molar-refractivity contribution is 7.16. The molecule has 1 aliphatic carbocycles. The highest BCUT2D eigenvalue weighted by Gasteiger charge is 2.33. The molecule has 166 valence electrons. The van der Waals surface area contributed by atoms with Gasteiger partial charge >= 0.3 is 0 Å². The molecular weight excluding hydrogens is 416 g/mol. The number of fused-ring (bicyclic) bond motifs is 1. The molecule has 1 amide bonds. The van der Waals surface area contributed by atoms with Crippen molar-refractivity contribution in [2.45, 2.75) is 40.0 Å². The van der Waals surface area contributed by atoms with Crippen LogP contribution in [0.2, 0.25) is 0 Å². The molecule has 4 nitrogen and oxygen atoms in total. The fourth-order valence-corrected chi connectivity index (χ4v) is 5.47. The summed E-state index contributed by atoms with van der Waals surface area (Å²) in [6.45, 7) is 6.92. The summed E-state index contributed by atoms with van der Waals surface area (Å²) in [5.74, 6) is 1.31. The van der Waals surface area contributed by atoms with E-state index in [9.17, 15) is 4.79 Å². The molecule has 2 aromatic carbocycles. The zero-order chi connectivity index (χ0) is 22.7. The SMILES string of the molecule is COc1cccc(C=Nc2sc3c(c2C(=O)Nc2ccccc2)CC[C@@H](C(C)(C)C)C3)c1. The van der Waals surface area contributed by atoms with E-state index in [1.807, 2.05) is 60.8 Å². The quantitative estimate of drug-likeness (QED) is 0.433. The number of nitrogens with one attached hydrogen (secondary N) is 1. The lowest BCUT2D eigenvalue weighted by Crippen LogP contribution is -2.27. The monoisotopic (exact) mass is 446 g/mol. The Morgan fingerprint density at radius 1 is 1.16 bits per heavy atom. The van der Waals surface area contributed by atoms with Gasteiger partial charge in [-0.05, 0) is 66.0 Å². The van der Waals surface area contributed by atoms with Crippen LogP contribution in [0.25, 0.3) is 0 Å². The van der Waals surface area contributed by atoms with Crippen molar-refractivity contribution in [3.63, 3.8) is 0 Å². The molecule has 1 N–H and O–H groups in total. The molecule has 1 heterocycles. The van der Waals surface area contributed by atoms with Crippen molar-refractivity contribution in [2.75, 3.05) is 12.4 Å². The highest BCUT2D eigenvalue weighted by Crippen LogP contribution is 2.45. The number of rotatable bonds is 5. The number of carbonyl (C=O) groups is 1. The van der Waals surface area contributed by atoms with Gasteiger partial charge in [-0.2, -0.15) is 0 Å². The molecule has 1 atom stereocenters. The fraction of sp³-hybridized carbons (Fsp3) is 0.333. The minimum atomic E-state index is -0.0827. The molecule has 0 unspecified atom stereocenters. The molecule has 0 saturated heterocycles. The lowest BCUT2D eigenvalue weighted by Gasteiger charge is -2.33. The van der Waals surface area contributed by atoms with E-state index < -0.39 is 0 Å². The Labute approximate surface area is 194 Å². The largest absolute Gasteiger partial charge is 0.497 e. The maximum atomic E-state index is 13.4. The Hall–Kier alpha value is -2.92. The summed E-state index contributed by atoms with van der Waals surface area (Å²) >= 11 is 1.66. The van der Waals surface area contributed by atoms with Crippen LogP contribution in [0, 0.1) is 11.3 Å². The maximum absolute atomic E-state index is 13.4. The summed E-state index contributed by atoms with van der Waals surface area (Å²) in [5, 5.41) is 3.85. The van der Waals surface area contributed by atoms with Crippen LogP contribution in [0.1, 0.15) is 53.6 Å². The van der Waals surface area contributed by atoms with Gasteiger partial charge in [0.1, 0.15) is 10.8 Å². The zero-order valence-corrected chi connectivity index (χ0v) is 20.0. The molecule has 0 bridgehead atoms. The second-order valence-corrected chi connectivity index (χ2v) is 10.4. The number of aliphatic imine (C=N–C) groups is 1. The van der Waals surface area contributed by atoms with Crippen LogP contribution < -0.4 is 10.1 Å². The summed E-state index contributed by atoms with van der Waals surface area (Å²) in [7, 11) is 1.65. The molecular formula is C27H30N2O2S. The highest BCUT2D eigenvalue weighted by atomic mass is 32.1. The van der Waals surface area contributed by atoms with E-state index in [-0.39, 0.29) is 11.3 Å². The number of ether oxygens (including phenoxy) is 1. The van der Waals surface area contributed by atoms with Crippen LogP contribution in [-0.4, -0.2) is 19.2 Å². The van der Waals surface area contributed by atoms with E-state index in [0.717, 1.165) is 46.8 Å². The number of nitrogens with zero attached hydrogens (tertiary/aromatic N) is 1. The summed E-state index contributed by atoms with van der Waals surface area (Å²) in [4.78, 5) is 19.4. The van der Waals surface area contributed by atoms with Crippen molar-refractivity contribution in [3.05, 3.63) is 76.2 Å². The molecule has 1 aromatic heterocycles. The molecule has 0 spiro atoms. The van der Waals surface area contributed by atoms with Crippen LogP contribution in [-0.2, 0) is 12.8 Å². The summed E-state index contributed by atoms with van der Waals surface area (Å²) in [6, 6.07) is 17.4. The van der Waals surface area contributed by atoms with Crippen LogP contribution in [0.4, 0.5) is 10.7 Å². The van der Waals surface area contributed by atoms with Gasteiger partial charge in [0.25, 0.3) is 5.91 Å². The second-order valence-electron chi connectivity index (χ2n) is 9.34. The standard InChI is InChI=1S/C27H30N2O2S/c1-27(2,3)19-13-14-22-23(16-19)32-26(28-17-18-9-8-12-21(15-18)31-4)24(22)25(30)29-20-10-6-5-7-11-20/h5-12,15,17,19H,13-14,16H2,1-4H3,(H,29,30)/t19-/m1/s1. The summed E-state index contributed by atoms with van der Waals surface area (Å²) in [5.41, 5.74) is 3.88. The van der Waals surface area contributed by atoms with Crippen LogP contribution in [0.3, 0.4) is 0 Å². The molecule has 0 radical (unpaired) electrons. The Morgan fingerprint density at radius 3 is 2.66 bits per heavy atom. The Kier molecular flexibility index (Phi) is 6.47. The first-order valence-corrected chi connectivity index (χ1v) is 11.9. The Morgan fingerprint density at radius 2 is 1.94 bits per heavy atom. The molecule has 4 rings (SSSR count). The van der Waals surface area contributed by atoms with Crippen molar-refractivity contribution >= 4 is 34.1 Å². The van der Waals surface area contributed by atoms with Gasteiger partial charge in [-0.3, -0.25) is 4.79 Å². The molecule has 32 heavy (non-hydrogen) atoms. The number of para-hydroxylation sites is 1. The van der Waals surface area contributed by atoms with Crippen LogP contribution >= 0.6 is 11.3 Å². The van der Waals surface area contributed by atoms with Crippen molar-refractivity contribution in [3.8, 4) is 5.75 Å². The minimum Gasteiger partial charge on any atom is -0.497 e. The normalized spacial score (nSPS) is 16.1. The molecule has 0 fully saturated rings. The van der Waals surface area contributed by atoms with Crippen molar-refractivity contribution in [1.82, 2.24) is 0 Å². The number of amides is 1. The molecule has 0 saturated carbocycles. The number of carbonyl (C=O) groups excluding carboxylic acids is 1. The first-order chi connectivity index (χ1) is 15.3. The summed E-state index contributed by atoms with van der Waals surface area (Å²) in [6.07, 6.45) is 4.84. The van der Waals surface area contributed by atoms with Crippen molar-refractivity contribution < 1.29 is 9.53 Å². The van der Waals surface area contributed by atoms with Gasteiger partial charge in [0.05, 0.1) is 12.7 Å². The van der Waals surface area contributed by atoms with Gasteiger partial charge < -0.3 is 10.1 Å².